The highest BCUT2D eigenvalue weighted by Crippen LogP contribution is 2.49. The van der Waals surface area contributed by atoms with Crippen LogP contribution in [0.15, 0.2) is 84.4 Å². The number of amides is 1. The van der Waals surface area contributed by atoms with Crippen molar-refractivity contribution in [3.05, 3.63) is 106 Å². The molecule has 6 nitrogen and oxygen atoms in total. The lowest BCUT2D eigenvalue weighted by atomic mass is 9.65. The number of ether oxygens (including phenoxy) is 1. The number of hydrogen-bond acceptors (Lipinski definition) is 5. The zero-order valence-electron chi connectivity index (χ0n) is 24.7. The van der Waals surface area contributed by atoms with Gasteiger partial charge in [0.2, 0.25) is 0 Å². The molecule has 224 valence electrons. The molecule has 0 bridgehead atoms. The maximum atomic E-state index is 12.9. The highest BCUT2D eigenvalue weighted by Gasteiger charge is 2.40. The first-order valence-corrected chi connectivity index (χ1v) is 15.8. The van der Waals surface area contributed by atoms with Crippen LogP contribution in [0, 0.1) is 5.41 Å². The van der Waals surface area contributed by atoms with E-state index in [4.69, 9.17) is 16.3 Å². The molecule has 6 rings (SSSR count). The average Bonchev–Trinajstić information content (AvgIpc) is 3.06. The number of halogens is 1. The van der Waals surface area contributed by atoms with Gasteiger partial charge in [0.25, 0.3) is 0 Å². The van der Waals surface area contributed by atoms with Gasteiger partial charge in [-0.25, -0.2) is 4.79 Å². The quantitative estimate of drug-likeness (QED) is 0.267. The van der Waals surface area contributed by atoms with Gasteiger partial charge in [0.15, 0.2) is 0 Å². The number of benzene rings is 3. The Labute approximate surface area is 259 Å². The number of allylic oxidation sites excluding steroid dienone is 1. The number of carbonyl (C=O) groups excluding carboxylic acids is 2. The number of piperidine rings is 1. The number of piperazine rings is 1. The summed E-state index contributed by atoms with van der Waals surface area (Å²) in [5.41, 5.74) is 7.42. The Kier molecular flexibility index (Phi) is 9.15. The number of rotatable bonds is 7. The standard InChI is InChI=1S/C36H40ClN3O3/c37-32-10-8-30(9-11-32)34-14-15-36(16-18-40(19-17-36)35(42)43-27-29-4-2-1-3-5-29)24-31(34)25-38-20-22-39(23-21-38)33-12-6-28(26-41)7-13-33/h1-13,26H,14-25,27H2. The third kappa shape index (κ3) is 7.14. The molecule has 0 N–H and O–H groups in total. The van der Waals surface area contributed by atoms with Gasteiger partial charge in [0, 0.05) is 62.1 Å². The predicted molar refractivity (Wildman–Crippen MR) is 173 cm³/mol. The summed E-state index contributed by atoms with van der Waals surface area (Å²) in [4.78, 5) is 30.8. The summed E-state index contributed by atoms with van der Waals surface area (Å²) in [6.45, 7) is 6.72. The largest absolute Gasteiger partial charge is 0.445 e. The fourth-order valence-electron chi connectivity index (χ4n) is 6.96. The number of hydrogen-bond donors (Lipinski definition) is 0. The molecular formula is C36H40ClN3O3. The molecule has 2 aliphatic heterocycles. The fourth-order valence-corrected chi connectivity index (χ4v) is 7.09. The van der Waals surface area contributed by atoms with E-state index in [1.807, 2.05) is 59.5 Å². The van der Waals surface area contributed by atoms with Crippen molar-refractivity contribution in [3.63, 3.8) is 0 Å². The van der Waals surface area contributed by atoms with Crippen LogP contribution >= 0.6 is 11.6 Å². The van der Waals surface area contributed by atoms with E-state index >= 15 is 0 Å². The number of likely N-dealkylation sites (tertiary alicyclic amines) is 1. The van der Waals surface area contributed by atoms with E-state index in [0.29, 0.717) is 12.2 Å². The van der Waals surface area contributed by atoms with Gasteiger partial charge in [0.1, 0.15) is 12.9 Å². The number of aldehydes is 1. The van der Waals surface area contributed by atoms with E-state index in [1.54, 1.807) is 0 Å². The van der Waals surface area contributed by atoms with Gasteiger partial charge in [0.05, 0.1) is 0 Å². The minimum absolute atomic E-state index is 0.203. The van der Waals surface area contributed by atoms with Crippen molar-refractivity contribution in [1.82, 2.24) is 9.80 Å². The van der Waals surface area contributed by atoms with Gasteiger partial charge >= 0.3 is 6.09 Å². The monoisotopic (exact) mass is 597 g/mol. The first-order chi connectivity index (χ1) is 21.0. The zero-order chi connectivity index (χ0) is 29.6. The Hall–Kier alpha value is -3.61. The van der Waals surface area contributed by atoms with Gasteiger partial charge in [-0.05, 0) is 90.6 Å². The molecule has 2 heterocycles. The maximum absolute atomic E-state index is 12.9. The Morgan fingerprint density at radius 1 is 0.837 bits per heavy atom. The second-order valence-electron chi connectivity index (χ2n) is 12.3. The summed E-state index contributed by atoms with van der Waals surface area (Å²) >= 11 is 6.25. The van der Waals surface area contributed by atoms with E-state index in [9.17, 15) is 9.59 Å². The van der Waals surface area contributed by atoms with Gasteiger partial charge in [-0.15, -0.1) is 0 Å². The summed E-state index contributed by atoms with van der Waals surface area (Å²) < 4.78 is 5.64. The summed E-state index contributed by atoms with van der Waals surface area (Å²) in [6.07, 6.45) is 5.98. The molecule has 0 aromatic heterocycles. The van der Waals surface area contributed by atoms with E-state index < -0.39 is 0 Å². The van der Waals surface area contributed by atoms with E-state index in [0.717, 1.165) is 94.8 Å². The summed E-state index contributed by atoms with van der Waals surface area (Å²) in [5, 5.41) is 0.766. The van der Waals surface area contributed by atoms with Crippen molar-refractivity contribution in [2.75, 3.05) is 50.7 Å². The van der Waals surface area contributed by atoms with Crippen molar-refractivity contribution in [2.45, 2.75) is 38.7 Å². The van der Waals surface area contributed by atoms with Crippen molar-refractivity contribution in [3.8, 4) is 0 Å². The maximum Gasteiger partial charge on any atom is 0.410 e. The van der Waals surface area contributed by atoms with Crippen LogP contribution in [0.1, 0.15) is 53.6 Å². The van der Waals surface area contributed by atoms with E-state index in [1.165, 1.54) is 22.4 Å². The molecule has 43 heavy (non-hydrogen) atoms. The summed E-state index contributed by atoms with van der Waals surface area (Å²) in [7, 11) is 0. The molecule has 0 unspecified atom stereocenters. The zero-order valence-corrected chi connectivity index (χ0v) is 25.5. The van der Waals surface area contributed by atoms with E-state index in [2.05, 4.69) is 34.1 Å². The number of carbonyl (C=O) groups is 2. The molecule has 3 aromatic carbocycles. The molecule has 0 radical (unpaired) electrons. The third-order valence-electron chi connectivity index (χ3n) is 9.58. The number of anilines is 1. The minimum Gasteiger partial charge on any atom is -0.445 e. The lowest BCUT2D eigenvalue weighted by Crippen LogP contribution is -2.48. The molecule has 3 aliphatic rings. The molecule has 7 heteroatoms. The molecule has 1 spiro atoms. The number of nitrogens with zero attached hydrogens (tertiary/aromatic N) is 3. The fraction of sp³-hybridized carbons (Fsp3) is 0.389. The molecule has 2 saturated heterocycles. The van der Waals surface area contributed by atoms with Gasteiger partial charge < -0.3 is 14.5 Å². The first-order valence-electron chi connectivity index (χ1n) is 15.5. The smallest absolute Gasteiger partial charge is 0.410 e. The van der Waals surface area contributed by atoms with Crippen LogP contribution in [0.25, 0.3) is 5.57 Å². The normalized spacial score (nSPS) is 19.0. The molecule has 2 fully saturated rings. The van der Waals surface area contributed by atoms with Crippen molar-refractivity contribution < 1.29 is 14.3 Å². The second-order valence-corrected chi connectivity index (χ2v) is 12.7. The van der Waals surface area contributed by atoms with Crippen LogP contribution in [0.5, 0.6) is 0 Å². The Morgan fingerprint density at radius 3 is 2.21 bits per heavy atom. The molecule has 1 amide bonds. The SMILES string of the molecule is O=Cc1ccc(N2CCN(CC3=C(c4ccc(Cl)cc4)CCC4(CCN(C(=O)OCc5ccccc5)CC4)C3)CC2)cc1. The molecule has 1 aliphatic carbocycles. The van der Waals surface area contributed by atoms with Crippen LogP contribution in [0.4, 0.5) is 10.5 Å². The lowest BCUT2D eigenvalue weighted by molar-refractivity contribution is 0.0561. The second kappa shape index (κ2) is 13.4. The first kappa shape index (κ1) is 29.5. The van der Waals surface area contributed by atoms with Crippen LogP contribution in [-0.2, 0) is 11.3 Å². The van der Waals surface area contributed by atoms with Gasteiger partial charge in [-0.1, -0.05) is 59.6 Å². The third-order valence-corrected chi connectivity index (χ3v) is 9.83. The Bertz CT molecular complexity index is 1420. The Morgan fingerprint density at radius 2 is 1.53 bits per heavy atom. The van der Waals surface area contributed by atoms with Crippen molar-refractivity contribution in [2.24, 2.45) is 5.41 Å². The summed E-state index contributed by atoms with van der Waals surface area (Å²) in [5.74, 6) is 0. The molecule has 0 atom stereocenters. The molecule has 3 aromatic rings. The topological polar surface area (TPSA) is 53.1 Å². The molecule has 0 saturated carbocycles. The minimum atomic E-state index is -0.203. The highest BCUT2D eigenvalue weighted by atomic mass is 35.5. The van der Waals surface area contributed by atoms with Gasteiger partial charge in [-0.2, -0.15) is 0 Å². The Balaban J connectivity index is 1.11. The van der Waals surface area contributed by atoms with E-state index in [-0.39, 0.29) is 11.5 Å². The van der Waals surface area contributed by atoms with Crippen molar-refractivity contribution >= 4 is 35.2 Å². The van der Waals surface area contributed by atoms with Crippen LogP contribution in [0.3, 0.4) is 0 Å². The van der Waals surface area contributed by atoms with Crippen LogP contribution in [0.2, 0.25) is 5.02 Å². The molecular weight excluding hydrogens is 558 g/mol. The van der Waals surface area contributed by atoms with Crippen LogP contribution < -0.4 is 4.90 Å². The van der Waals surface area contributed by atoms with Gasteiger partial charge in [-0.3, -0.25) is 9.69 Å². The average molecular weight is 598 g/mol. The van der Waals surface area contributed by atoms with Crippen LogP contribution in [-0.4, -0.2) is 68.0 Å². The highest BCUT2D eigenvalue weighted by molar-refractivity contribution is 6.30. The lowest BCUT2D eigenvalue weighted by Gasteiger charge is -2.46. The summed E-state index contributed by atoms with van der Waals surface area (Å²) in [6, 6.07) is 26.1. The predicted octanol–water partition coefficient (Wildman–Crippen LogP) is 7.33. The van der Waals surface area contributed by atoms with Crippen molar-refractivity contribution in [1.29, 1.82) is 0 Å².